The third-order valence-corrected chi connectivity index (χ3v) is 3.64. The van der Waals surface area contributed by atoms with Gasteiger partial charge < -0.3 is 10.3 Å². The molecule has 0 aromatic carbocycles. The molecular weight excluding hydrogens is 248 g/mol. The Hall–Kier alpha value is -1.34. The SMILES string of the molecule is CCn1c(CN)nnc1SCCc1cnn(C)c1. The summed E-state index contributed by atoms with van der Waals surface area (Å²) in [5.41, 5.74) is 6.86. The molecule has 0 saturated carbocycles. The Labute approximate surface area is 111 Å². The van der Waals surface area contributed by atoms with Crippen LogP contribution < -0.4 is 5.73 Å². The number of aryl methyl sites for hydroxylation is 2. The van der Waals surface area contributed by atoms with E-state index in [-0.39, 0.29) is 0 Å². The van der Waals surface area contributed by atoms with Gasteiger partial charge in [-0.1, -0.05) is 11.8 Å². The maximum Gasteiger partial charge on any atom is 0.191 e. The van der Waals surface area contributed by atoms with Gasteiger partial charge in [-0.3, -0.25) is 4.68 Å². The molecule has 0 aliphatic carbocycles. The Morgan fingerprint density at radius 3 is 2.83 bits per heavy atom. The summed E-state index contributed by atoms with van der Waals surface area (Å²) in [7, 11) is 1.93. The fourth-order valence-corrected chi connectivity index (χ4v) is 2.76. The minimum absolute atomic E-state index is 0.435. The third-order valence-electron chi connectivity index (χ3n) is 2.67. The van der Waals surface area contributed by atoms with E-state index >= 15 is 0 Å². The van der Waals surface area contributed by atoms with Crippen LogP contribution in [-0.2, 0) is 26.6 Å². The Balaban J connectivity index is 1.92. The lowest BCUT2D eigenvalue weighted by molar-refractivity contribution is 0.643. The molecule has 6 nitrogen and oxygen atoms in total. The number of hydrogen-bond acceptors (Lipinski definition) is 5. The lowest BCUT2D eigenvalue weighted by Crippen LogP contribution is -2.08. The van der Waals surface area contributed by atoms with Crippen molar-refractivity contribution >= 4 is 11.8 Å². The van der Waals surface area contributed by atoms with Crippen molar-refractivity contribution in [2.45, 2.75) is 31.6 Å². The summed E-state index contributed by atoms with van der Waals surface area (Å²) in [4.78, 5) is 0. The van der Waals surface area contributed by atoms with Gasteiger partial charge in [-0.15, -0.1) is 10.2 Å². The number of thioether (sulfide) groups is 1. The van der Waals surface area contributed by atoms with E-state index in [0.29, 0.717) is 6.54 Å². The Bertz CT molecular complexity index is 503. The van der Waals surface area contributed by atoms with Gasteiger partial charge in [0.05, 0.1) is 12.7 Å². The Kier molecular flexibility index (Phi) is 4.38. The molecule has 0 amide bonds. The minimum atomic E-state index is 0.435. The van der Waals surface area contributed by atoms with E-state index in [0.717, 1.165) is 29.7 Å². The van der Waals surface area contributed by atoms with Gasteiger partial charge in [0.2, 0.25) is 0 Å². The second-order valence-corrected chi connectivity index (χ2v) is 5.03. The molecule has 0 fully saturated rings. The van der Waals surface area contributed by atoms with E-state index in [1.54, 1.807) is 11.8 Å². The predicted octanol–water partition coefficient (Wildman–Crippen LogP) is 0.825. The van der Waals surface area contributed by atoms with Gasteiger partial charge in [-0.2, -0.15) is 5.10 Å². The van der Waals surface area contributed by atoms with Crippen molar-refractivity contribution in [1.82, 2.24) is 24.5 Å². The molecule has 2 rings (SSSR count). The van der Waals surface area contributed by atoms with Crippen LogP contribution in [0.15, 0.2) is 17.6 Å². The summed E-state index contributed by atoms with van der Waals surface area (Å²) in [5, 5.41) is 13.4. The molecule has 2 aromatic rings. The molecule has 0 unspecified atom stereocenters. The Morgan fingerprint density at radius 1 is 1.39 bits per heavy atom. The van der Waals surface area contributed by atoms with Crippen molar-refractivity contribution in [2.75, 3.05) is 5.75 Å². The van der Waals surface area contributed by atoms with Gasteiger partial charge in [-0.05, 0) is 18.9 Å². The highest BCUT2D eigenvalue weighted by Gasteiger charge is 2.09. The highest BCUT2D eigenvalue weighted by Crippen LogP contribution is 2.18. The molecule has 0 radical (unpaired) electrons. The topological polar surface area (TPSA) is 74.6 Å². The molecule has 0 atom stereocenters. The number of nitrogens with zero attached hydrogens (tertiary/aromatic N) is 5. The van der Waals surface area contributed by atoms with Crippen molar-refractivity contribution in [3.05, 3.63) is 23.8 Å². The summed E-state index contributed by atoms with van der Waals surface area (Å²) < 4.78 is 3.88. The Morgan fingerprint density at radius 2 is 2.22 bits per heavy atom. The van der Waals surface area contributed by atoms with Crippen LogP contribution in [0.3, 0.4) is 0 Å². The fraction of sp³-hybridized carbons (Fsp3) is 0.545. The number of aromatic nitrogens is 5. The molecule has 0 saturated heterocycles. The molecule has 2 heterocycles. The maximum absolute atomic E-state index is 5.62. The summed E-state index contributed by atoms with van der Waals surface area (Å²) >= 11 is 1.71. The van der Waals surface area contributed by atoms with Gasteiger partial charge in [0.1, 0.15) is 5.82 Å². The van der Waals surface area contributed by atoms with Crippen LogP contribution in [0.4, 0.5) is 0 Å². The van der Waals surface area contributed by atoms with Gasteiger partial charge in [0.25, 0.3) is 0 Å². The highest BCUT2D eigenvalue weighted by atomic mass is 32.2. The quantitative estimate of drug-likeness (QED) is 0.784. The maximum atomic E-state index is 5.62. The molecule has 98 valence electrons. The largest absolute Gasteiger partial charge is 0.324 e. The van der Waals surface area contributed by atoms with Crippen LogP contribution in [0, 0.1) is 0 Å². The second-order valence-electron chi connectivity index (χ2n) is 3.97. The lowest BCUT2D eigenvalue weighted by atomic mass is 10.3. The number of nitrogens with two attached hydrogens (primary N) is 1. The summed E-state index contributed by atoms with van der Waals surface area (Å²) in [6, 6.07) is 0. The molecule has 2 N–H and O–H groups in total. The van der Waals surface area contributed by atoms with Gasteiger partial charge >= 0.3 is 0 Å². The molecule has 0 aliphatic heterocycles. The molecule has 18 heavy (non-hydrogen) atoms. The molecule has 0 aliphatic rings. The fourth-order valence-electron chi connectivity index (χ4n) is 1.76. The van der Waals surface area contributed by atoms with E-state index in [4.69, 9.17) is 5.73 Å². The summed E-state index contributed by atoms with van der Waals surface area (Å²) in [6.07, 6.45) is 4.92. The van der Waals surface area contributed by atoms with Crippen LogP contribution in [0.25, 0.3) is 0 Å². The van der Waals surface area contributed by atoms with Crippen molar-refractivity contribution in [2.24, 2.45) is 12.8 Å². The van der Waals surface area contributed by atoms with Gasteiger partial charge in [0, 0.05) is 25.5 Å². The minimum Gasteiger partial charge on any atom is -0.324 e. The predicted molar refractivity (Wildman–Crippen MR) is 71.2 cm³/mol. The average Bonchev–Trinajstić information content (AvgIpc) is 2.95. The second kappa shape index (κ2) is 6.01. The first-order valence-corrected chi connectivity index (χ1v) is 6.95. The monoisotopic (exact) mass is 266 g/mol. The first kappa shape index (κ1) is 13.1. The molecule has 2 aromatic heterocycles. The van der Waals surface area contributed by atoms with Gasteiger partial charge in [-0.25, -0.2) is 0 Å². The third kappa shape index (κ3) is 2.91. The van der Waals surface area contributed by atoms with E-state index in [2.05, 4.69) is 26.8 Å². The molecule has 0 bridgehead atoms. The first-order chi connectivity index (χ1) is 8.74. The van der Waals surface area contributed by atoms with E-state index < -0.39 is 0 Å². The van der Waals surface area contributed by atoms with E-state index in [1.807, 2.05) is 24.1 Å². The van der Waals surface area contributed by atoms with E-state index in [9.17, 15) is 0 Å². The first-order valence-electron chi connectivity index (χ1n) is 5.97. The highest BCUT2D eigenvalue weighted by molar-refractivity contribution is 7.99. The zero-order chi connectivity index (χ0) is 13.0. The van der Waals surface area contributed by atoms with Crippen LogP contribution in [0.2, 0.25) is 0 Å². The zero-order valence-electron chi connectivity index (χ0n) is 10.7. The normalized spacial score (nSPS) is 11.1. The smallest absolute Gasteiger partial charge is 0.191 e. The molecular formula is C11H18N6S. The number of hydrogen-bond donors (Lipinski definition) is 1. The average molecular weight is 266 g/mol. The summed E-state index contributed by atoms with van der Waals surface area (Å²) in [6.45, 7) is 3.37. The van der Waals surface area contributed by atoms with Crippen LogP contribution >= 0.6 is 11.8 Å². The van der Waals surface area contributed by atoms with Crippen LogP contribution in [0.5, 0.6) is 0 Å². The lowest BCUT2D eigenvalue weighted by Gasteiger charge is -2.05. The van der Waals surface area contributed by atoms with Crippen LogP contribution in [0.1, 0.15) is 18.3 Å². The van der Waals surface area contributed by atoms with E-state index in [1.165, 1.54) is 5.56 Å². The zero-order valence-corrected chi connectivity index (χ0v) is 11.5. The molecule has 7 heteroatoms. The summed E-state index contributed by atoms with van der Waals surface area (Å²) in [5.74, 6) is 1.82. The standard InChI is InChI=1S/C11H18N6S/c1-3-17-10(6-12)14-15-11(17)18-5-4-9-7-13-16(2)8-9/h7-8H,3-6,12H2,1-2H3. The number of rotatable bonds is 6. The van der Waals surface area contributed by atoms with Crippen molar-refractivity contribution < 1.29 is 0 Å². The van der Waals surface area contributed by atoms with Crippen molar-refractivity contribution in [3.8, 4) is 0 Å². The van der Waals surface area contributed by atoms with Crippen molar-refractivity contribution in [1.29, 1.82) is 0 Å². The molecule has 0 spiro atoms. The van der Waals surface area contributed by atoms with Gasteiger partial charge in [0.15, 0.2) is 5.16 Å². The van der Waals surface area contributed by atoms with Crippen LogP contribution in [-0.4, -0.2) is 30.3 Å². The van der Waals surface area contributed by atoms with Crippen molar-refractivity contribution in [3.63, 3.8) is 0 Å².